The molecule has 0 bridgehead atoms. The minimum atomic E-state index is -0.757. The number of hydrogen-bond donors (Lipinski definition) is 3. The maximum Gasteiger partial charge on any atom is 0.332 e. The predicted molar refractivity (Wildman–Crippen MR) is 107 cm³/mol. The number of hydrogen-bond acceptors (Lipinski definition) is 8. The number of ether oxygens (including phenoxy) is 1. The zero-order valence-corrected chi connectivity index (χ0v) is 16.5. The molecule has 0 aliphatic carbocycles. The lowest BCUT2D eigenvalue weighted by atomic mass is 10.1. The van der Waals surface area contributed by atoms with E-state index in [1.54, 1.807) is 6.07 Å². The van der Waals surface area contributed by atoms with Gasteiger partial charge in [-0.1, -0.05) is 11.6 Å². The third-order valence-electron chi connectivity index (χ3n) is 4.26. The summed E-state index contributed by atoms with van der Waals surface area (Å²) in [6.07, 6.45) is -0.486. The van der Waals surface area contributed by atoms with E-state index in [4.69, 9.17) is 31.9 Å². The highest BCUT2D eigenvalue weighted by Crippen LogP contribution is 2.31. The Kier molecular flexibility index (Phi) is 5.16. The molecule has 11 nitrogen and oxygen atoms in total. The molecule has 1 amide bonds. The normalized spacial score (nSPS) is 10.9. The molecule has 0 fully saturated rings. The van der Waals surface area contributed by atoms with Crippen molar-refractivity contribution in [3.05, 3.63) is 43.6 Å². The number of benzene rings is 1. The first-order valence-electron chi connectivity index (χ1n) is 8.21. The second kappa shape index (κ2) is 7.43. The quantitative estimate of drug-likeness (QED) is 0.516. The van der Waals surface area contributed by atoms with Crippen LogP contribution in [-0.2, 0) is 18.9 Å². The molecule has 2 aromatic heterocycles. The van der Waals surface area contributed by atoms with Gasteiger partial charge in [0.25, 0.3) is 5.56 Å². The zero-order valence-electron chi connectivity index (χ0n) is 15.7. The van der Waals surface area contributed by atoms with Crippen molar-refractivity contribution in [3.63, 3.8) is 0 Å². The SMILES string of the molecule is COc1cc2nc(NC(=O)CC(=N)c3c(N)n(C)c(=O)n(C)c3=O)oc2cc1Cl. The molecule has 0 unspecified atom stereocenters. The maximum absolute atomic E-state index is 12.3. The van der Waals surface area contributed by atoms with Crippen LogP contribution in [0.4, 0.5) is 11.8 Å². The molecule has 0 radical (unpaired) electrons. The number of nitrogen functional groups attached to an aromatic ring is 1. The lowest BCUT2D eigenvalue weighted by molar-refractivity contribution is -0.115. The first-order valence-corrected chi connectivity index (χ1v) is 8.59. The van der Waals surface area contributed by atoms with E-state index in [1.807, 2.05) is 0 Å². The topological polar surface area (TPSA) is 158 Å². The van der Waals surface area contributed by atoms with Crippen molar-refractivity contribution in [2.45, 2.75) is 6.42 Å². The maximum atomic E-state index is 12.3. The van der Waals surface area contributed by atoms with Gasteiger partial charge in [0.15, 0.2) is 5.58 Å². The summed E-state index contributed by atoms with van der Waals surface area (Å²) >= 11 is 6.03. The fraction of sp³-hybridized carbons (Fsp3) is 0.235. The summed E-state index contributed by atoms with van der Waals surface area (Å²) in [7, 11) is 4.08. The monoisotopic (exact) mass is 420 g/mol. The summed E-state index contributed by atoms with van der Waals surface area (Å²) in [5, 5.41) is 10.8. The van der Waals surface area contributed by atoms with Crippen molar-refractivity contribution in [1.82, 2.24) is 14.1 Å². The van der Waals surface area contributed by atoms with Crippen LogP contribution in [0, 0.1) is 5.41 Å². The molecule has 3 aromatic rings. The van der Waals surface area contributed by atoms with E-state index in [9.17, 15) is 14.4 Å². The molecule has 152 valence electrons. The van der Waals surface area contributed by atoms with Crippen LogP contribution in [0.25, 0.3) is 11.1 Å². The fourth-order valence-electron chi connectivity index (χ4n) is 2.70. The van der Waals surface area contributed by atoms with Crippen LogP contribution in [0.5, 0.6) is 5.75 Å². The Hall–Kier alpha value is -3.60. The second-order valence-corrected chi connectivity index (χ2v) is 6.55. The van der Waals surface area contributed by atoms with Crippen LogP contribution in [0.3, 0.4) is 0 Å². The fourth-order valence-corrected chi connectivity index (χ4v) is 2.93. The lowest BCUT2D eigenvalue weighted by Gasteiger charge is -2.12. The average molecular weight is 421 g/mol. The van der Waals surface area contributed by atoms with Crippen LogP contribution >= 0.6 is 11.6 Å². The Bertz CT molecular complexity index is 1270. The molecule has 0 saturated heterocycles. The summed E-state index contributed by atoms with van der Waals surface area (Å²) in [6.45, 7) is 0. The van der Waals surface area contributed by atoms with E-state index in [0.29, 0.717) is 21.9 Å². The summed E-state index contributed by atoms with van der Waals surface area (Å²) in [6, 6.07) is 2.94. The molecule has 0 aliphatic heterocycles. The van der Waals surface area contributed by atoms with Crippen molar-refractivity contribution in [3.8, 4) is 5.75 Å². The van der Waals surface area contributed by atoms with Crippen LogP contribution in [-0.4, -0.2) is 32.8 Å². The lowest BCUT2D eigenvalue weighted by Crippen LogP contribution is -2.42. The highest BCUT2D eigenvalue weighted by molar-refractivity contribution is 6.32. The van der Waals surface area contributed by atoms with Gasteiger partial charge in [-0.05, 0) is 0 Å². The summed E-state index contributed by atoms with van der Waals surface area (Å²) in [5.74, 6) is -0.456. The molecule has 3 rings (SSSR count). The molecule has 0 aliphatic rings. The van der Waals surface area contributed by atoms with E-state index in [-0.39, 0.29) is 23.1 Å². The third-order valence-corrected chi connectivity index (χ3v) is 4.55. The van der Waals surface area contributed by atoms with Crippen molar-refractivity contribution in [2.75, 3.05) is 18.2 Å². The Morgan fingerprint density at radius 3 is 2.69 bits per heavy atom. The summed E-state index contributed by atoms with van der Waals surface area (Å²) < 4.78 is 12.4. The van der Waals surface area contributed by atoms with E-state index >= 15 is 0 Å². The van der Waals surface area contributed by atoms with Gasteiger partial charge >= 0.3 is 11.7 Å². The molecule has 4 N–H and O–H groups in total. The number of nitrogens with one attached hydrogen (secondary N) is 2. The smallest absolute Gasteiger partial charge is 0.332 e. The Morgan fingerprint density at radius 2 is 2.03 bits per heavy atom. The van der Waals surface area contributed by atoms with Crippen LogP contribution < -0.4 is 27.0 Å². The van der Waals surface area contributed by atoms with Crippen LogP contribution in [0.2, 0.25) is 5.02 Å². The van der Waals surface area contributed by atoms with Crippen molar-refractivity contribution in [1.29, 1.82) is 5.41 Å². The van der Waals surface area contributed by atoms with Gasteiger partial charge < -0.3 is 20.3 Å². The molecular formula is C17H17ClN6O5. The Balaban J connectivity index is 1.83. The molecule has 0 spiro atoms. The van der Waals surface area contributed by atoms with Gasteiger partial charge in [0, 0.05) is 26.2 Å². The number of nitrogens with two attached hydrogens (primary N) is 1. The van der Waals surface area contributed by atoms with Crippen molar-refractivity contribution >= 4 is 46.2 Å². The summed E-state index contributed by atoms with van der Waals surface area (Å²) in [4.78, 5) is 40.6. The van der Waals surface area contributed by atoms with Gasteiger partial charge in [-0.3, -0.25) is 24.0 Å². The molecule has 2 heterocycles. The minimum absolute atomic E-state index is 0.108. The van der Waals surface area contributed by atoms with Crippen molar-refractivity contribution in [2.24, 2.45) is 14.1 Å². The number of carbonyl (C=O) groups excluding carboxylic acids is 1. The molecule has 29 heavy (non-hydrogen) atoms. The van der Waals surface area contributed by atoms with Gasteiger partial charge in [-0.2, -0.15) is 4.98 Å². The number of aromatic nitrogens is 3. The van der Waals surface area contributed by atoms with Gasteiger partial charge in [-0.25, -0.2) is 4.79 Å². The number of methoxy groups -OCH3 is 1. The minimum Gasteiger partial charge on any atom is -0.495 e. The zero-order chi connectivity index (χ0) is 21.5. The Labute approximate surface area is 168 Å². The number of rotatable bonds is 5. The third kappa shape index (κ3) is 3.59. The van der Waals surface area contributed by atoms with E-state index in [0.717, 1.165) is 9.13 Å². The molecule has 0 saturated carbocycles. The molecule has 12 heteroatoms. The van der Waals surface area contributed by atoms with Gasteiger partial charge in [-0.15, -0.1) is 0 Å². The number of anilines is 2. The first-order chi connectivity index (χ1) is 13.6. The highest BCUT2D eigenvalue weighted by atomic mass is 35.5. The predicted octanol–water partition coefficient (Wildman–Crippen LogP) is 0.866. The number of halogens is 1. The van der Waals surface area contributed by atoms with Crippen molar-refractivity contribution < 1.29 is 13.9 Å². The number of amides is 1. The number of fused-ring (bicyclic) bond motifs is 1. The molecule has 1 aromatic carbocycles. The first kappa shape index (κ1) is 20.1. The molecule has 0 atom stereocenters. The van der Waals surface area contributed by atoms with Gasteiger partial charge in [0.05, 0.1) is 24.3 Å². The second-order valence-electron chi connectivity index (χ2n) is 6.14. The van der Waals surface area contributed by atoms with E-state index < -0.39 is 23.6 Å². The molecular weight excluding hydrogens is 404 g/mol. The summed E-state index contributed by atoms with van der Waals surface area (Å²) in [5.41, 5.74) is 4.58. The van der Waals surface area contributed by atoms with Gasteiger partial charge in [0.1, 0.15) is 22.6 Å². The largest absolute Gasteiger partial charge is 0.495 e. The highest BCUT2D eigenvalue weighted by Gasteiger charge is 2.20. The van der Waals surface area contributed by atoms with Crippen LogP contribution in [0.1, 0.15) is 12.0 Å². The van der Waals surface area contributed by atoms with Gasteiger partial charge in [0.2, 0.25) is 5.91 Å². The number of carbonyl (C=O) groups is 1. The average Bonchev–Trinajstić information content (AvgIpc) is 3.04. The van der Waals surface area contributed by atoms with E-state index in [2.05, 4.69) is 10.3 Å². The standard InChI is InChI=1S/C17H17ClN6O5/c1-23-14(20)13(15(26)24(2)17(23)27)8(19)5-12(25)22-16-21-9-6-10(28-3)7(18)4-11(9)29-16/h4,6,19H,5,20H2,1-3H3,(H,21,22,25). The van der Waals surface area contributed by atoms with E-state index in [1.165, 1.54) is 27.3 Å². The number of oxazole rings is 1. The van der Waals surface area contributed by atoms with Crippen LogP contribution in [0.15, 0.2) is 26.1 Å². The Morgan fingerprint density at radius 1 is 1.34 bits per heavy atom. The number of nitrogens with zero attached hydrogens (tertiary/aromatic N) is 3.